The molecule has 1 heterocycles. The van der Waals surface area contributed by atoms with Crippen LogP contribution in [0.2, 0.25) is 0 Å². The van der Waals surface area contributed by atoms with Gasteiger partial charge < -0.3 is 14.9 Å². The third kappa shape index (κ3) is 2.70. The minimum atomic E-state index is -0.170. The molecule has 0 atom stereocenters. The van der Waals surface area contributed by atoms with Gasteiger partial charge in [0.05, 0.1) is 5.56 Å². The Labute approximate surface area is 140 Å². The van der Waals surface area contributed by atoms with Crippen LogP contribution >= 0.6 is 0 Å². The predicted molar refractivity (Wildman–Crippen MR) is 90.8 cm³/mol. The third-order valence-electron chi connectivity index (χ3n) is 4.90. The monoisotopic (exact) mass is 324 g/mol. The van der Waals surface area contributed by atoms with Gasteiger partial charge in [-0.1, -0.05) is 24.3 Å². The molecular weight excluding hydrogens is 304 g/mol. The maximum absolute atomic E-state index is 12.7. The Bertz CT molecular complexity index is 805. The Kier molecular flexibility index (Phi) is 3.63. The summed E-state index contributed by atoms with van der Waals surface area (Å²) in [4.78, 5) is 28.4. The Hall–Kier alpha value is -2.56. The van der Waals surface area contributed by atoms with E-state index in [1.807, 2.05) is 29.2 Å². The number of benzene rings is 2. The number of nitrogens with zero attached hydrogens (tertiary/aromatic N) is 2. The van der Waals surface area contributed by atoms with Crippen molar-refractivity contribution >= 4 is 22.6 Å². The van der Waals surface area contributed by atoms with Gasteiger partial charge in [0.1, 0.15) is 5.75 Å². The van der Waals surface area contributed by atoms with Crippen LogP contribution in [0.4, 0.5) is 0 Å². The normalized spacial score (nSPS) is 18.0. The van der Waals surface area contributed by atoms with Crippen molar-refractivity contribution < 1.29 is 14.7 Å². The van der Waals surface area contributed by atoms with Gasteiger partial charge in [0.15, 0.2) is 0 Å². The number of carbonyl (C=O) groups is 2. The first kappa shape index (κ1) is 15.0. The fourth-order valence-corrected chi connectivity index (χ4v) is 3.29. The van der Waals surface area contributed by atoms with Gasteiger partial charge >= 0.3 is 0 Å². The van der Waals surface area contributed by atoms with Gasteiger partial charge in [0, 0.05) is 32.1 Å². The lowest BCUT2D eigenvalue weighted by Gasteiger charge is -2.35. The number of phenolic OH excluding ortho intramolecular Hbond substituents is 1. The van der Waals surface area contributed by atoms with E-state index < -0.39 is 0 Å². The lowest BCUT2D eigenvalue weighted by molar-refractivity contribution is -0.134. The van der Waals surface area contributed by atoms with E-state index in [2.05, 4.69) is 0 Å². The summed E-state index contributed by atoms with van der Waals surface area (Å²) >= 11 is 0. The zero-order valence-corrected chi connectivity index (χ0v) is 13.4. The summed E-state index contributed by atoms with van der Waals surface area (Å²) < 4.78 is 0. The molecule has 5 heteroatoms. The van der Waals surface area contributed by atoms with Gasteiger partial charge in [0.2, 0.25) is 5.91 Å². The molecular formula is C19H20N2O3. The Morgan fingerprint density at radius 1 is 0.917 bits per heavy atom. The molecule has 5 nitrogen and oxygen atoms in total. The molecule has 4 rings (SSSR count). The Balaban J connectivity index is 1.50. The van der Waals surface area contributed by atoms with Gasteiger partial charge in [-0.3, -0.25) is 9.59 Å². The van der Waals surface area contributed by atoms with Crippen molar-refractivity contribution in [2.75, 3.05) is 26.2 Å². The predicted octanol–water partition coefficient (Wildman–Crippen LogP) is 2.24. The molecule has 2 amide bonds. The van der Waals surface area contributed by atoms with Gasteiger partial charge in [-0.2, -0.15) is 0 Å². The fraction of sp³-hybridized carbons (Fsp3) is 0.368. The summed E-state index contributed by atoms with van der Waals surface area (Å²) in [5, 5.41) is 12.1. The Morgan fingerprint density at radius 2 is 1.50 bits per heavy atom. The van der Waals surface area contributed by atoms with Crippen LogP contribution in [0, 0.1) is 5.92 Å². The van der Waals surface area contributed by atoms with Gasteiger partial charge in [-0.05, 0) is 35.7 Å². The van der Waals surface area contributed by atoms with Crippen molar-refractivity contribution in [1.29, 1.82) is 0 Å². The number of phenols is 1. The second-order valence-corrected chi connectivity index (χ2v) is 6.61. The van der Waals surface area contributed by atoms with E-state index in [9.17, 15) is 14.7 Å². The lowest BCUT2D eigenvalue weighted by Crippen LogP contribution is -2.51. The molecule has 0 aromatic heterocycles. The number of fused-ring (bicyclic) bond motifs is 1. The first-order valence-electron chi connectivity index (χ1n) is 8.43. The van der Waals surface area contributed by atoms with Crippen LogP contribution in [0.25, 0.3) is 10.8 Å². The van der Waals surface area contributed by atoms with E-state index in [0.29, 0.717) is 31.7 Å². The molecule has 2 aromatic rings. The smallest absolute Gasteiger partial charge is 0.257 e. The molecule has 0 bridgehead atoms. The highest BCUT2D eigenvalue weighted by Gasteiger charge is 2.35. The highest BCUT2D eigenvalue weighted by Crippen LogP contribution is 2.31. The topological polar surface area (TPSA) is 60.9 Å². The van der Waals surface area contributed by atoms with E-state index in [-0.39, 0.29) is 23.5 Å². The average Bonchev–Trinajstić information content (AvgIpc) is 3.45. The highest BCUT2D eigenvalue weighted by molar-refractivity contribution is 6.01. The van der Waals surface area contributed by atoms with Crippen molar-refractivity contribution in [1.82, 2.24) is 9.80 Å². The summed E-state index contributed by atoms with van der Waals surface area (Å²) in [5.74, 6) is 0.291. The zero-order chi connectivity index (χ0) is 16.7. The lowest BCUT2D eigenvalue weighted by atomic mass is 10.0. The Morgan fingerprint density at radius 3 is 2.12 bits per heavy atom. The van der Waals surface area contributed by atoms with E-state index in [0.717, 1.165) is 23.6 Å². The van der Waals surface area contributed by atoms with E-state index in [1.54, 1.807) is 17.0 Å². The van der Waals surface area contributed by atoms with Crippen molar-refractivity contribution in [3.05, 3.63) is 42.0 Å². The molecule has 1 saturated carbocycles. The standard InChI is InChI=1S/C19H20N2O3/c22-17-12-15-4-2-1-3-14(15)11-16(17)19(24)21-9-7-20(8-10-21)18(23)13-5-6-13/h1-4,11-13,22H,5-10H2. The largest absolute Gasteiger partial charge is 0.507 e. The number of amides is 2. The maximum atomic E-state index is 12.7. The molecule has 2 aliphatic rings. The molecule has 124 valence electrons. The number of carbonyl (C=O) groups excluding carboxylic acids is 2. The molecule has 1 aliphatic carbocycles. The van der Waals surface area contributed by atoms with Gasteiger partial charge in [0.25, 0.3) is 5.91 Å². The molecule has 2 fully saturated rings. The van der Waals surface area contributed by atoms with Crippen LogP contribution < -0.4 is 0 Å². The SMILES string of the molecule is O=C(c1cc2ccccc2cc1O)N1CCN(C(=O)C2CC2)CC1. The van der Waals surface area contributed by atoms with Crippen LogP contribution in [0.1, 0.15) is 23.2 Å². The van der Waals surface area contributed by atoms with E-state index in [1.165, 1.54) is 0 Å². The quantitative estimate of drug-likeness (QED) is 0.921. The highest BCUT2D eigenvalue weighted by atomic mass is 16.3. The molecule has 1 N–H and O–H groups in total. The minimum absolute atomic E-state index is 0.00943. The van der Waals surface area contributed by atoms with Crippen molar-refractivity contribution in [3.63, 3.8) is 0 Å². The summed E-state index contributed by atoms with van der Waals surface area (Å²) in [6, 6.07) is 11.0. The van der Waals surface area contributed by atoms with Gasteiger partial charge in [-0.25, -0.2) is 0 Å². The third-order valence-corrected chi connectivity index (χ3v) is 4.90. The maximum Gasteiger partial charge on any atom is 0.257 e. The average molecular weight is 324 g/mol. The first-order chi connectivity index (χ1) is 11.6. The van der Waals surface area contributed by atoms with Crippen LogP contribution in [-0.2, 0) is 4.79 Å². The van der Waals surface area contributed by atoms with Crippen LogP contribution in [0.15, 0.2) is 36.4 Å². The summed E-state index contributed by atoms with van der Waals surface area (Å²) in [6.45, 7) is 2.19. The van der Waals surface area contributed by atoms with E-state index in [4.69, 9.17) is 0 Å². The summed E-state index contributed by atoms with van der Waals surface area (Å²) in [5.41, 5.74) is 0.329. The second kappa shape index (κ2) is 5.82. The van der Waals surface area contributed by atoms with Crippen LogP contribution in [0.3, 0.4) is 0 Å². The molecule has 0 unspecified atom stereocenters. The van der Waals surface area contributed by atoms with Crippen molar-refractivity contribution in [3.8, 4) is 5.75 Å². The number of piperazine rings is 1. The molecule has 24 heavy (non-hydrogen) atoms. The van der Waals surface area contributed by atoms with Crippen LogP contribution in [0.5, 0.6) is 5.75 Å². The number of hydrogen-bond donors (Lipinski definition) is 1. The molecule has 0 radical (unpaired) electrons. The first-order valence-corrected chi connectivity index (χ1v) is 8.43. The van der Waals surface area contributed by atoms with E-state index >= 15 is 0 Å². The summed E-state index contributed by atoms with van der Waals surface area (Å²) in [7, 11) is 0. The second-order valence-electron chi connectivity index (χ2n) is 6.61. The molecule has 1 saturated heterocycles. The van der Waals surface area contributed by atoms with Crippen molar-refractivity contribution in [2.24, 2.45) is 5.92 Å². The molecule has 1 aliphatic heterocycles. The molecule has 2 aromatic carbocycles. The van der Waals surface area contributed by atoms with Gasteiger partial charge in [-0.15, -0.1) is 0 Å². The number of hydrogen-bond acceptors (Lipinski definition) is 3. The zero-order valence-electron chi connectivity index (χ0n) is 13.4. The summed E-state index contributed by atoms with van der Waals surface area (Å²) in [6.07, 6.45) is 2.01. The fourth-order valence-electron chi connectivity index (χ4n) is 3.29. The number of rotatable bonds is 2. The minimum Gasteiger partial charge on any atom is -0.507 e. The molecule has 0 spiro atoms. The van der Waals surface area contributed by atoms with Crippen LogP contribution in [-0.4, -0.2) is 52.9 Å². The van der Waals surface area contributed by atoms with Crippen molar-refractivity contribution in [2.45, 2.75) is 12.8 Å². The number of aromatic hydroxyl groups is 1.